The van der Waals surface area contributed by atoms with Gasteiger partial charge in [-0.2, -0.15) is 0 Å². The zero-order valence-corrected chi connectivity index (χ0v) is 24.1. The minimum atomic E-state index is -1.55. The van der Waals surface area contributed by atoms with Crippen LogP contribution in [0, 0.1) is 11.8 Å². The summed E-state index contributed by atoms with van der Waals surface area (Å²) in [6.07, 6.45) is 5.97. The third-order valence-corrected chi connectivity index (χ3v) is 5.51. The molecule has 0 aromatic heterocycles. The third-order valence-electron chi connectivity index (χ3n) is 4.71. The van der Waals surface area contributed by atoms with Crippen molar-refractivity contribution in [3.63, 3.8) is 0 Å². The Kier molecular flexibility index (Phi) is 9.94. The zero-order valence-electron chi connectivity index (χ0n) is 23.3. The van der Waals surface area contributed by atoms with Crippen LogP contribution >= 0.6 is 10.3 Å². The molecule has 9 heteroatoms. The van der Waals surface area contributed by atoms with E-state index in [-0.39, 0.29) is 12.0 Å². The average molecular weight is 506 g/mol. The fourth-order valence-corrected chi connectivity index (χ4v) is 4.51. The van der Waals surface area contributed by atoms with Crippen molar-refractivity contribution in [2.45, 2.75) is 98.1 Å². The van der Waals surface area contributed by atoms with Crippen LogP contribution in [0.15, 0.2) is 0 Å². The van der Waals surface area contributed by atoms with Crippen LogP contribution < -0.4 is 0 Å². The molecule has 200 valence electrons. The average Bonchev–Trinajstić information content (AvgIpc) is 2.55. The van der Waals surface area contributed by atoms with Crippen LogP contribution in [-0.2, 0) is 28.0 Å². The Labute approximate surface area is 207 Å². The first-order valence-electron chi connectivity index (χ1n) is 11.9. The lowest BCUT2D eigenvalue weighted by atomic mass is 9.84. The standard InChI is InChI=1S/C25H47NO7S/c1-23(2,3)30-20(27)18(21(28)31-24(4,5)6)19(33-34(10,11)12)17-13-15-26(16-14-17)22(29)32-25(7,8)9/h17-19H,13-16H2,1-12H3. The van der Waals surface area contributed by atoms with E-state index in [0.29, 0.717) is 25.9 Å². The monoisotopic (exact) mass is 505 g/mol. The summed E-state index contributed by atoms with van der Waals surface area (Å²) in [7, 11) is -1.55. The maximum atomic E-state index is 13.3. The van der Waals surface area contributed by atoms with Gasteiger partial charge in [-0.15, -0.1) is 10.3 Å². The summed E-state index contributed by atoms with van der Waals surface area (Å²) in [6.45, 7) is 17.0. The van der Waals surface area contributed by atoms with Crippen molar-refractivity contribution in [2.24, 2.45) is 11.8 Å². The molecule has 0 N–H and O–H groups in total. The second-order valence-electron chi connectivity index (χ2n) is 12.6. The second kappa shape index (κ2) is 11.1. The van der Waals surface area contributed by atoms with E-state index < -0.39 is 51.1 Å². The Hall–Kier alpha value is -1.48. The molecular formula is C25H47NO7S. The topological polar surface area (TPSA) is 91.4 Å². The number of amides is 1. The number of nitrogens with zero attached hydrogens (tertiary/aromatic N) is 1. The number of hydrogen-bond acceptors (Lipinski definition) is 7. The highest BCUT2D eigenvalue weighted by atomic mass is 32.3. The lowest BCUT2D eigenvalue weighted by Gasteiger charge is -2.42. The number of esters is 2. The van der Waals surface area contributed by atoms with Crippen LogP contribution in [0.25, 0.3) is 0 Å². The number of rotatable bonds is 6. The fraction of sp³-hybridized carbons (Fsp3) is 0.880. The van der Waals surface area contributed by atoms with E-state index in [2.05, 4.69) is 0 Å². The summed E-state index contributed by atoms with van der Waals surface area (Å²) < 4.78 is 23.2. The van der Waals surface area contributed by atoms with Gasteiger partial charge in [0.2, 0.25) is 0 Å². The first-order valence-corrected chi connectivity index (χ1v) is 14.7. The van der Waals surface area contributed by atoms with Crippen molar-refractivity contribution in [3.05, 3.63) is 0 Å². The molecule has 1 rings (SSSR count). The van der Waals surface area contributed by atoms with Gasteiger partial charge < -0.3 is 23.3 Å². The molecule has 1 amide bonds. The highest BCUT2D eigenvalue weighted by molar-refractivity contribution is 8.28. The summed E-state index contributed by atoms with van der Waals surface area (Å²) in [5.74, 6) is -2.64. The molecule has 0 aliphatic carbocycles. The second-order valence-corrected chi connectivity index (χ2v) is 16.3. The Morgan fingerprint density at radius 1 is 0.735 bits per heavy atom. The molecule has 8 nitrogen and oxygen atoms in total. The first-order chi connectivity index (χ1) is 15.1. The SMILES string of the molecule is CC(C)(C)OC(=O)C(C(=O)OC(C)(C)C)C(OS(C)(C)C)C1CCN(C(=O)OC(C)(C)C)CC1. The maximum Gasteiger partial charge on any atom is 0.410 e. The number of carbonyl (C=O) groups is 3. The third kappa shape index (κ3) is 11.3. The highest BCUT2D eigenvalue weighted by Gasteiger charge is 2.47. The molecule has 0 spiro atoms. The summed E-state index contributed by atoms with van der Waals surface area (Å²) in [6, 6.07) is 0. The van der Waals surface area contributed by atoms with Gasteiger partial charge in [0.05, 0.1) is 6.10 Å². The molecule has 1 aliphatic heterocycles. The van der Waals surface area contributed by atoms with Crippen molar-refractivity contribution >= 4 is 28.3 Å². The van der Waals surface area contributed by atoms with Crippen molar-refractivity contribution in [1.82, 2.24) is 4.90 Å². The van der Waals surface area contributed by atoms with E-state index in [1.165, 1.54) is 0 Å². The van der Waals surface area contributed by atoms with Gasteiger partial charge in [0.25, 0.3) is 0 Å². The van der Waals surface area contributed by atoms with Gasteiger partial charge in [-0.1, -0.05) is 0 Å². The fourth-order valence-electron chi connectivity index (χ4n) is 3.57. The van der Waals surface area contributed by atoms with E-state index in [1.54, 1.807) is 46.4 Å². The van der Waals surface area contributed by atoms with E-state index in [0.717, 1.165) is 0 Å². The molecule has 1 unspecified atom stereocenters. The number of hydrogen-bond donors (Lipinski definition) is 0. The van der Waals surface area contributed by atoms with Crippen LogP contribution in [0.3, 0.4) is 0 Å². The quantitative estimate of drug-likeness (QED) is 0.287. The summed E-state index contributed by atoms with van der Waals surface area (Å²) in [5.41, 5.74) is -2.11. The van der Waals surface area contributed by atoms with Gasteiger partial charge >= 0.3 is 18.0 Å². The molecule has 0 saturated carbocycles. The number of carbonyl (C=O) groups excluding carboxylic acids is 3. The Morgan fingerprint density at radius 2 is 1.12 bits per heavy atom. The summed E-state index contributed by atoms with van der Waals surface area (Å²) >= 11 is 0. The summed E-state index contributed by atoms with van der Waals surface area (Å²) in [4.78, 5) is 40.8. The number of likely N-dealkylation sites (tertiary alicyclic amines) is 1. The Morgan fingerprint density at radius 3 is 1.44 bits per heavy atom. The minimum Gasteiger partial charge on any atom is -0.459 e. The minimum absolute atomic E-state index is 0.129. The molecule has 1 saturated heterocycles. The molecule has 0 bridgehead atoms. The predicted molar refractivity (Wildman–Crippen MR) is 136 cm³/mol. The zero-order chi connectivity index (χ0) is 26.7. The van der Waals surface area contributed by atoms with Crippen LogP contribution in [0.2, 0.25) is 0 Å². The van der Waals surface area contributed by atoms with Crippen molar-refractivity contribution in [1.29, 1.82) is 0 Å². The van der Waals surface area contributed by atoms with Crippen molar-refractivity contribution < 1.29 is 32.8 Å². The molecule has 0 aromatic carbocycles. The lowest BCUT2D eigenvalue weighted by Crippen LogP contribution is -2.50. The van der Waals surface area contributed by atoms with Gasteiger partial charge in [-0.3, -0.25) is 9.59 Å². The number of ether oxygens (including phenoxy) is 3. The molecule has 1 fully saturated rings. The van der Waals surface area contributed by atoms with Gasteiger partial charge in [-0.05, 0) is 99.8 Å². The Bertz CT molecular complexity index is 690. The van der Waals surface area contributed by atoms with Gasteiger partial charge in [0, 0.05) is 13.1 Å². The Balaban J connectivity index is 3.22. The van der Waals surface area contributed by atoms with E-state index in [4.69, 9.17) is 18.4 Å². The molecule has 1 heterocycles. The van der Waals surface area contributed by atoms with Crippen LogP contribution in [0.4, 0.5) is 4.79 Å². The molecule has 1 aliphatic rings. The molecule has 0 radical (unpaired) electrons. The largest absolute Gasteiger partial charge is 0.459 e. The molecule has 1 atom stereocenters. The van der Waals surface area contributed by atoms with Crippen LogP contribution in [-0.4, -0.2) is 77.7 Å². The lowest BCUT2D eigenvalue weighted by molar-refractivity contribution is -0.180. The van der Waals surface area contributed by atoms with Gasteiger partial charge in [0.1, 0.15) is 16.8 Å². The smallest absolute Gasteiger partial charge is 0.410 e. The van der Waals surface area contributed by atoms with Crippen LogP contribution in [0.5, 0.6) is 0 Å². The predicted octanol–water partition coefficient (Wildman–Crippen LogP) is 4.93. The summed E-state index contributed by atoms with van der Waals surface area (Å²) in [5, 5.41) is 0. The normalized spacial score (nSPS) is 17.9. The highest BCUT2D eigenvalue weighted by Crippen LogP contribution is 2.44. The van der Waals surface area contributed by atoms with Crippen molar-refractivity contribution in [3.8, 4) is 0 Å². The molecule has 0 aromatic rings. The maximum absolute atomic E-state index is 13.3. The molecular weight excluding hydrogens is 458 g/mol. The van der Waals surface area contributed by atoms with Crippen LogP contribution in [0.1, 0.15) is 75.2 Å². The number of piperidine rings is 1. The van der Waals surface area contributed by atoms with E-state index in [1.807, 2.05) is 39.5 Å². The van der Waals surface area contributed by atoms with Gasteiger partial charge in [0.15, 0.2) is 5.92 Å². The van der Waals surface area contributed by atoms with Gasteiger partial charge in [-0.25, -0.2) is 4.79 Å². The van der Waals surface area contributed by atoms with E-state index >= 15 is 0 Å². The molecule has 34 heavy (non-hydrogen) atoms. The van der Waals surface area contributed by atoms with Crippen molar-refractivity contribution in [2.75, 3.05) is 31.9 Å². The first kappa shape index (κ1) is 30.6. The van der Waals surface area contributed by atoms with E-state index in [9.17, 15) is 14.4 Å².